The van der Waals surface area contributed by atoms with Crippen LogP contribution in [0.3, 0.4) is 0 Å². The van der Waals surface area contributed by atoms with E-state index in [0.29, 0.717) is 0 Å². The SMILES string of the molecule is CC1(C)c2cc(C=C(C#N)C(=O)O)sc2-c2sc(-c3ccc(-c4cc5sc6cc(-c7ccc(N(c8ccc(-c9ccccc9)cc8)c8ccc(-c9ccccc9)cc8)cc7)sc6c5s4)s3)cc21. The first-order valence-electron chi connectivity index (χ1n) is 21.6. The third-order valence-electron chi connectivity index (χ3n) is 12.5. The molecule has 0 spiro atoms. The van der Waals surface area contributed by atoms with E-state index in [4.69, 9.17) is 0 Å². The van der Waals surface area contributed by atoms with Crippen molar-refractivity contribution < 1.29 is 9.90 Å². The predicted molar refractivity (Wildman–Crippen MR) is 289 cm³/mol. The molecule has 0 fully saturated rings. The number of benzene rings is 5. The molecule has 0 unspecified atom stereocenters. The molecular formula is C57H36N2O2S6. The number of anilines is 3. The van der Waals surface area contributed by atoms with Gasteiger partial charge >= 0.3 is 5.97 Å². The summed E-state index contributed by atoms with van der Waals surface area (Å²) in [5, 5.41) is 18.8. The summed E-state index contributed by atoms with van der Waals surface area (Å²) in [5.74, 6) is -1.20. The van der Waals surface area contributed by atoms with Gasteiger partial charge in [0, 0.05) is 70.9 Å². The van der Waals surface area contributed by atoms with Gasteiger partial charge in [-0.25, -0.2) is 4.79 Å². The molecule has 10 heteroatoms. The minimum atomic E-state index is -1.20. The van der Waals surface area contributed by atoms with Crippen LogP contribution in [-0.2, 0) is 10.2 Å². The largest absolute Gasteiger partial charge is 0.477 e. The number of nitrogens with zero attached hydrogens (tertiary/aromatic N) is 2. The van der Waals surface area contributed by atoms with E-state index in [1.165, 1.54) is 98.0 Å². The zero-order chi connectivity index (χ0) is 45.4. The number of nitriles is 1. The highest BCUT2D eigenvalue weighted by atomic mass is 32.1. The van der Waals surface area contributed by atoms with Crippen LogP contribution in [0.15, 0.2) is 175 Å². The molecular weight excluding hydrogens is 937 g/mol. The Morgan fingerprint density at radius 1 is 0.507 bits per heavy atom. The molecule has 4 nitrogen and oxygen atoms in total. The maximum Gasteiger partial charge on any atom is 0.346 e. The number of carboxylic acids is 1. The van der Waals surface area contributed by atoms with Gasteiger partial charge in [0.2, 0.25) is 0 Å². The number of hydrogen-bond acceptors (Lipinski definition) is 9. The van der Waals surface area contributed by atoms with E-state index in [0.717, 1.165) is 21.9 Å². The van der Waals surface area contributed by atoms with Crippen LogP contribution in [0.1, 0.15) is 29.9 Å². The number of hydrogen-bond donors (Lipinski definition) is 1. The lowest BCUT2D eigenvalue weighted by Crippen LogP contribution is -2.13. The van der Waals surface area contributed by atoms with E-state index in [2.05, 4.69) is 189 Å². The predicted octanol–water partition coefficient (Wildman–Crippen LogP) is 18.5. The molecule has 12 rings (SSSR count). The van der Waals surface area contributed by atoms with Gasteiger partial charge in [0.25, 0.3) is 0 Å². The van der Waals surface area contributed by atoms with Crippen LogP contribution in [0.2, 0.25) is 0 Å². The fourth-order valence-electron chi connectivity index (χ4n) is 8.98. The first kappa shape index (κ1) is 41.7. The lowest BCUT2D eigenvalue weighted by molar-refractivity contribution is -0.132. The molecule has 67 heavy (non-hydrogen) atoms. The minimum Gasteiger partial charge on any atom is -0.477 e. The van der Waals surface area contributed by atoms with E-state index >= 15 is 0 Å². The van der Waals surface area contributed by atoms with E-state index < -0.39 is 5.97 Å². The van der Waals surface area contributed by atoms with Crippen molar-refractivity contribution in [1.82, 2.24) is 0 Å². The fraction of sp³-hybridized carbons (Fsp3) is 0.0526. The second-order valence-electron chi connectivity index (χ2n) is 16.9. The Morgan fingerprint density at radius 2 is 0.970 bits per heavy atom. The highest BCUT2D eigenvalue weighted by Gasteiger charge is 2.39. The Labute approximate surface area is 411 Å². The molecule has 0 aliphatic heterocycles. The monoisotopic (exact) mass is 972 g/mol. The molecule has 1 N–H and O–H groups in total. The lowest BCUT2D eigenvalue weighted by atomic mass is 9.84. The second kappa shape index (κ2) is 16.6. The van der Waals surface area contributed by atoms with E-state index in [-0.39, 0.29) is 11.0 Å². The molecule has 0 saturated heterocycles. The van der Waals surface area contributed by atoms with E-state index in [9.17, 15) is 15.2 Å². The van der Waals surface area contributed by atoms with E-state index in [1.807, 2.05) is 51.4 Å². The maximum atomic E-state index is 11.5. The lowest BCUT2D eigenvalue weighted by Gasteiger charge is -2.26. The average Bonchev–Trinajstić information content (AvgIpc) is 4.23. The Morgan fingerprint density at radius 3 is 1.51 bits per heavy atom. The number of carbonyl (C=O) groups is 1. The third kappa shape index (κ3) is 7.40. The summed E-state index contributed by atoms with van der Waals surface area (Å²) in [6.45, 7) is 4.46. The minimum absolute atomic E-state index is 0.213. The number of aliphatic carboxylic acids is 1. The highest BCUT2D eigenvalue weighted by Crippen LogP contribution is 2.58. The van der Waals surface area contributed by atoms with Crippen molar-refractivity contribution in [3.05, 3.63) is 191 Å². The normalized spacial score (nSPS) is 12.9. The smallest absolute Gasteiger partial charge is 0.346 e. The van der Waals surface area contributed by atoms with Crippen LogP contribution < -0.4 is 4.90 Å². The first-order chi connectivity index (χ1) is 32.7. The van der Waals surface area contributed by atoms with Crippen LogP contribution >= 0.6 is 68.0 Å². The Kier molecular flexibility index (Phi) is 10.3. The van der Waals surface area contributed by atoms with Crippen molar-refractivity contribution in [3.63, 3.8) is 0 Å². The summed E-state index contributed by atoms with van der Waals surface area (Å²) >= 11 is 10.9. The van der Waals surface area contributed by atoms with Gasteiger partial charge in [0.15, 0.2) is 0 Å². The van der Waals surface area contributed by atoms with Crippen molar-refractivity contribution >= 4 is 116 Å². The molecule has 0 radical (unpaired) electrons. The Balaban J connectivity index is 0.817. The van der Waals surface area contributed by atoms with Crippen molar-refractivity contribution in [2.75, 3.05) is 4.90 Å². The molecule has 0 saturated carbocycles. The van der Waals surface area contributed by atoms with Crippen LogP contribution in [-0.4, -0.2) is 11.1 Å². The standard InChI is InChI=1S/C57H36N2O2S6/c1-57(2)43-28-42(27-38(32-58)56(60)61)62-52(43)53-44(57)29-48(66-53)45-25-26-46(63-45)49-31-51-55(67-49)54-50(64-51)30-47(65-54)37-17-23-41(24-18-37)59(39-19-13-35(14-20-39)33-9-5-3-6-10-33)40-21-15-36(16-22-40)34-11-7-4-8-12-34/h3-31H,1-2H3,(H,60,61). The van der Waals surface area contributed by atoms with E-state index in [1.54, 1.807) is 22.7 Å². The van der Waals surface area contributed by atoms with Gasteiger partial charge in [-0.1, -0.05) is 111 Å². The molecule has 6 heterocycles. The summed E-state index contributed by atoms with van der Waals surface area (Å²) < 4.78 is 5.38. The van der Waals surface area contributed by atoms with Gasteiger partial charge in [-0.05, 0) is 118 Å². The summed E-state index contributed by atoms with van der Waals surface area (Å²) in [7, 11) is 0. The summed E-state index contributed by atoms with van der Waals surface area (Å²) in [6, 6.07) is 63.2. The Hall–Kier alpha value is -6.68. The quantitative estimate of drug-likeness (QED) is 0.110. The van der Waals surface area contributed by atoms with Crippen LogP contribution in [0.4, 0.5) is 17.1 Å². The fourth-order valence-corrected chi connectivity index (χ4v) is 16.9. The molecule has 1 aliphatic rings. The summed E-state index contributed by atoms with van der Waals surface area (Å²) in [5.41, 5.74) is 11.3. The second-order valence-corrected chi connectivity index (χ2v) is 23.3. The van der Waals surface area contributed by atoms with Gasteiger partial charge in [0.1, 0.15) is 11.6 Å². The van der Waals surface area contributed by atoms with Crippen LogP contribution in [0.25, 0.3) is 86.8 Å². The molecule has 0 atom stereocenters. The molecule has 0 amide bonds. The summed E-state index contributed by atoms with van der Waals surface area (Å²) in [6.07, 6.45) is 1.49. The number of thiophene rings is 6. The molecule has 11 aromatic rings. The molecule has 0 bridgehead atoms. The average molecular weight is 973 g/mol. The number of carboxylic acid groups (broad SMARTS) is 1. The van der Waals surface area contributed by atoms with Crippen molar-refractivity contribution in [3.8, 4) is 68.0 Å². The zero-order valence-corrected chi connectivity index (χ0v) is 40.8. The first-order valence-corrected chi connectivity index (χ1v) is 26.5. The highest BCUT2D eigenvalue weighted by molar-refractivity contribution is 7.40. The van der Waals surface area contributed by atoms with Gasteiger partial charge in [-0.3, -0.25) is 0 Å². The topological polar surface area (TPSA) is 64.3 Å². The van der Waals surface area contributed by atoms with Gasteiger partial charge in [-0.15, -0.1) is 68.0 Å². The third-order valence-corrected chi connectivity index (χ3v) is 20.1. The Bertz CT molecular complexity index is 3660. The number of rotatable bonds is 10. The molecule has 1 aliphatic carbocycles. The van der Waals surface area contributed by atoms with Gasteiger partial charge in [-0.2, -0.15) is 5.26 Å². The van der Waals surface area contributed by atoms with Gasteiger partial charge in [0.05, 0.1) is 9.40 Å². The van der Waals surface area contributed by atoms with Gasteiger partial charge < -0.3 is 10.0 Å². The van der Waals surface area contributed by atoms with Crippen molar-refractivity contribution in [2.45, 2.75) is 19.3 Å². The van der Waals surface area contributed by atoms with Crippen molar-refractivity contribution in [2.24, 2.45) is 0 Å². The van der Waals surface area contributed by atoms with Crippen molar-refractivity contribution in [1.29, 1.82) is 5.26 Å². The number of fused-ring (bicyclic) bond motifs is 6. The van der Waals surface area contributed by atoms with Crippen LogP contribution in [0.5, 0.6) is 0 Å². The molecule has 322 valence electrons. The zero-order valence-electron chi connectivity index (χ0n) is 35.9. The van der Waals surface area contributed by atoms with Crippen LogP contribution in [0, 0.1) is 11.3 Å². The molecule has 6 aromatic heterocycles. The maximum absolute atomic E-state index is 11.5. The molecule has 5 aromatic carbocycles. The summed E-state index contributed by atoms with van der Waals surface area (Å²) in [4.78, 5) is 23.4.